The van der Waals surface area contributed by atoms with Crippen molar-refractivity contribution in [1.82, 2.24) is 4.90 Å². The van der Waals surface area contributed by atoms with Crippen molar-refractivity contribution in [1.29, 1.82) is 0 Å². The molecule has 0 aromatic carbocycles. The van der Waals surface area contributed by atoms with Crippen LogP contribution in [0.5, 0.6) is 0 Å². The molecule has 10 nitrogen and oxygen atoms in total. The Morgan fingerprint density at radius 3 is 1.03 bits per heavy atom. The molecular weight excluding hydrogens is 578 g/mol. The molecule has 0 aliphatic rings. The van der Waals surface area contributed by atoms with Gasteiger partial charge < -0.3 is 24.1 Å². The molecule has 0 saturated carbocycles. The lowest BCUT2D eigenvalue weighted by Crippen LogP contribution is -2.61. The molecule has 1 N–H and O–H groups in total. The van der Waals surface area contributed by atoms with E-state index < -0.39 is 100 Å². The second-order valence-electron chi connectivity index (χ2n) is 6.78. The van der Waals surface area contributed by atoms with Gasteiger partial charge in [-0.25, -0.2) is 19.2 Å². The van der Waals surface area contributed by atoms with Gasteiger partial charge in [0.1, 0.15) is 32.0 Å². The third-order valence-electron chi connectivity index (χ3n) is 4.02. The van der Waals surface area contributed by atoms with Crippen LogP contribution in [0.3, 0.4) is 0 Å². The summed E-state index contributed by atoms with van der Waals surface area (Å²) in [6, 6.07) is 0. The summed E-state index contributed by atoms with van der Waals surface area (Å²) in [7, 11) is 0. The zero-order valence-electron chi connectivity index (χ0n) is 18.1. The number of halogens is 12. The fourth-order valence-electron chi connectivity index (χ4n) is 2.23. The average Bonchev–Trinajstić information content (AvgIpc) is 2.75. The Morgan fingerprint density at radius 2 is 0.789 bits per heavy atom. The highest BCUT2D eigenvalue weighted by Gasteiger charge is 2.48. The highest BCUT2D eigenvalue weighted by Crippen LogP contribution is 2.25. The first-order valence-corrected chi connectivity index (χ1v) is 9.29. The van der Waals surface area contributed by atoms with Crippen LogP contribution in [0.1, 0.15) is 0 Å². The summed E-state index contributed by atoms with van der Waals surface area (Å²) < 4.78 is 164. The largest absolute Gasteiger partial charge is 0.490 e. The molecule has 0 spiro atoms. The molecule has 0 heterocycles. The van der Waals surface area contributed by atoms with Gasteiger partial charge in [0.15, 0.2) is 0 Å². The molecule has 0 aliphatic carbocycles. The summed E-state index contributed by atoms with van der Waals surface area (Å²) >= 11 is 0. The standard InChI is InChI=1S/C16H15F12NO9/c17-13(18,19)8(31)35-3-1-29(2-4-36-9(32)14(20,21)22)12(5-30,6-37-10(33)15(23,24)25)7-38-11(34)16(26,27)28/h30H,1-7H2. The van der Waals surface area contributed by atoms with E-state index in [1.165, 1.54) is 0 Å². The highest BCUT2D eigenvalue weighted by atomic mass is 19.4. The number of rotatable bonds is 12. The van der Waals surface area contributed by atoms with Crippen molar-refractivity contribution >= 4 is 23.9 Å². The monoisotopic (exact) mass is 593 g/mol. The number of aliphatic hydroxyl groups is 1. The molecule has 0 atom stereocenters. The fraction of sp³-hybridized carbons (Fsp3) is 0.750. The van der Waals surface area contributed by atoms with Gasteiger partial charge in [0.2, 0.25) is 0 Å². The summed E-state index contributed by atoms with van der Waals surface area (Å²) in [6.45, 7) is -10.8. The number of aliphatic hydroxyl groups excluding tert-OH is 1. The summed E-state index contributed by atoms with van der Waals surface area (Å²) in [5.74, 6) is -11.8. The lowest BCUT2D eigenvalue weighted by molar-refractivity contribution is -0.214. The van der Waals surface area contributed by atoms with Crippen LogP contribution in [0.25, 0.3) is 0 Å². The predicted molar refractivity (Wildman–Crippen MR) is 89.4 cm³/mol. The van der Waals surface area contributed by atoms with E-state index >= 15 is 0 Å². The summed E-state index contributed by atoms with van der Waals surface area (Å²) in [6.07, 6.45) is -22.7. The van der Waals surface area contributed by atoms with Crippen molar-refractivity contribution in [3.05, 3.63) is 0 Å². The molecule has 0 aromatic heterocycles. The van der Waals surface area contributed by atoms with E-state index in [0.717, 1.165) is 0 Å². The number of alkyl halides is 12. The van der Waals surface area contributed by atoms with Crippen LogP contribution in [-0.2, 0) is 38.1 Å². The lowest BCUT2D eigenvalue weighted by atomic mass is 10.00. The molecule has 0 saturated heterocycles. The van der Waals surface area contributed by atoms with Crippen molar-refractivity contribution in [3.8, 4) is 0 Å². The molecule has 0 aliphatic heterocycles. The fourth-order valence-corrected chi connectivity index (χ4v) is 2.23. The van der Waals surface area contributed by atoms with Gasteiger partial charge in [-0.3, -0.25) is 4.90 Å². The van der Waals surface area contributed by atoms with Gasteiger partial charge in [-0.05, 0) is 0 Å². The Labute approximate surface area is 202 Å². The van der Waals surface area contributed by atoms with Gasteiger partial charge in [-0.15, -0.1) is 0 Å². The van der Waals surface area contributed by atoms with Gasteiger partial charge in [-0.1, -0.05) is 0 Å². The van der Waals surface area contributed by atoms with Gasteiger partial charge >= 0.3 is 48.6 Å². The van der Waals surface area contributed by atoms with E-state index in [9.17, 15) is 77.0 Å². The number of esters is 4. The van der Waals surface area contributed by atoms with Crippen molar-refractivity contribution in [2.45, 2.75) is 30.2 Å². The molecule has 0 amide bonds. The molecule has 0 fully saturated rings. The SMILES string of the molecule is O=C(OCCN(CCOC(=O)C(F)(F)F)C(CO)(COC(=O)C(F)(F)F)COC(=O)C(F)(F)F)C(F)(F)F. The quantitative estimate of drug-likeness (QED) is 0.202. The van der Waals surface area contributed by atoms with Crippen molar-refractivity contribution in [3.63, 3.8) is 0 Å². The maximum absolute atomic E-state index is 12.5. The van der Waals surface area contributed by atoms with Crippen LogP contribution < -0.4 is 0 Å². The Kier molecular flexibility index (Phi) is 12.1. The Morgan fingerprint density at radius 1 is 0.526 bits per heavy atom. The second kappa shape index (κ2) is 13.2. The zero-order valence-corrected chi connectivity index (χ0v) is 18.1. The number of carbonyl (C=O) groups is 4. The number of nitrogens with zero attached hydrogens (tertiary/aromatic N) is 1. The van der Waals surface area contributed by atoms with Crippen molar-refractivity contribution < 1.29 is 95.9 Å². The van der Waals surface area contributed by atoms with Crippen LogP contribution in [-0.4, -0.2) is 110 Å². The Hall–Kier alpha value is -3.04. The van der Waals surface area contributed by atoms with Crippen LogP contribution >= 0.6 is 0 Å². The minimum Gasteiger partial charge on any atom is -0.458 e. The smallest absolute Gasteiger partial charge is 0.458 e. The molecule has 0 aromatic rings. The Balaban J connectivity index is 6.12. The van der Waals surface area contributed by atoms with E-state index in [1.807, 2.05) is 0 Å². The molecule has 22 heteroatoms. The van der Waals surface area contributed by atoms with Gasteiger partial charge in [-0.2, -0.15) is 52.7 Å². The lowest BCUT2D eigenvalue weighted by Gasteiger charge is -2.41. The van der Waals surface area contributed by atoms with Gasteiger partial charge in [0, 0.05) is 13.1 Å². The first-order chi connectivity index (χ1) is 17.0. The number of ether oxygens (including phenoxy) is 4. The second-order valence-corrected chi connectivity index (χ2v) is 6.78. The molecular formula is C16H15F12NO9. The first kappa shape index (κ1) is 35.0. The minimum absolute atomic E-state index is 0.202. The summed E-state index contributed by atoms with van der Waals surface area (Å²) in [4.78, 5) is 44.0. The van der Waals surface area contributed by atoms with Crippen molar-refractivity contribution in [2.75, 3.05) is 46.1 Å². The molecule has 38 heavy (non-hydrogen) atoms. The normalized spacial score (nSPS) is 13.2. The number of carbonyl (C=O) groups excluding carboxylic acids is 4. The number of hydrogen-bond acceptors (Lipinski definition) is 10. The topological polar surface area (TPSA) is 129 Å². The van der Waals surface area contributed by atoms with E-state index in [0.29, 0.717) is 0 Å². The van der Waals surface area contributed by atoms with Gasteiger partial charge in [0.05, 0.1) is 6.61 Å². The van der Waals surface area contributed by atoms with Gasteiger partial charge in [0.25, 0.3) is 0 Å². The third-order valence-corrected chi connectivity index (χ3v) is 4.02. The maximum atomic E-state index is 12.5. The van der Waals surface area contributed by atoms with Crippen LogP contribution in [0, 0.1) is 0 Å². The average molecular weight is 593 g/mol. The minimum atomic E-state index is -5.74. The predicted octanol–water partition coefficient (Wildman–Crippen LogP) is 1.44. The van der Waals surface area contributed by atoms with E-state index in [2.05, 4.69) is 18.9 Å². The molecule has 0 unspecified atom stereocenters. The van der Waals surface area contributed by atoms with E-state index in [-0.39, 0.29) is 4.90 Å². The van der Waals surface area contributed by atoms with Crippen molar-refractivity contribution in [2.24, 2.45) is 0 Å². The zero-order chi connectivity index (χ0) is 30.2. The maximum Gasteiger partial charge on any atom is 0.490 e. The van der Waals surface area contributed by atoms with Crippen LogP contribution in [0.4, 0.5) is 52.7 Å². The molecule has 222 valence electrons. The van der Waals surface area contributed by atoms with E-state index in [4.69, 9.17) is 0 Å². The molecule has 0 bridgehead atoms. The highest BCUT2D eigenvalue weighted by molar-refractivity contribution is 5.77. The summed E-state index contributed by atoms with van der Waals surface area (Å²) in [5, 5.41) is 9.69. The molecule has 0 rings (SSSR count). The molecule has 0 radical (unpaired) electrons. The first-order valence-electron chi connectivity index (χ1n) is 9.29. The van der Waals surface area contributed by atoms with E-state index in [1.54, 1.807) is 0 Å². The third kappa shape index (κ3) is 11.6. The van der Waals surface area contributed by atoms with Crippen LogP contribution in [0.2, 0.25) is 0 Å². The number of hydrogen-bond donors (Lipinski definition) is 1. The van der Waals surface area contributed by atoms with Crippen LogP contribution in [0.15, 0.2) is 0 Å². The Bertz CT molecular complexity index is 774. The summed E-state index contributed by atoms with van der Waals surface area (Å²) in [5.41, 5.74) is -2.95.